The molecule has 1 N–H and O–H groups in total. The minimum atomic E-state index is -0.358. The topological polar surface area (TPSA) is 52.7 Å². The van der Waals surface area contributed by atoms with Gasteiger partial charge in [-0.2, -0.15) is 0 Å². The summed E-state index contributed by atoms with van der Waals surface area (Å²) in [6.45, 7) is 8.03. The van der Waals surface area contributed by atoms with Gasteiger partial charge >= 0.3 is 0 Å². The van der Waals surface area contributed by atoms with E-state index in [2.05, 4.69) is 5.32 Å². The highest BCUT2D eigenvalue weighted by molar-refractivity contribution is 5.88. The molecule has 0 saturated carbocycles. The van der Waals surface area contributed by atoms with Crippen LogP contribution in [0.25, 0.3) is 0 Å². The van der Waals surface area contributed by atoms with E-state index in [1.165, 1.54) is 0 Å². The minimum Gasteiger partial charge on any atom is -0.347 e. The number of carbonyl (C=O) groups is 2. The summed E-state index contributed by atoms with van der Waals surface area (Å²) >= 11 is 0. The fourth-order valence-electron chi connectivity index (χ4n) is 2.08. The molecule has 0 aromatic rings. The Bertz CT molecular complexity index is 321. The number of nitrogens with zero attached hydrogens (tertiary/aromatic N) is 2. The molecule has 5 nitrogen and oxygen atoms in total. The highest BCUT2D eigenvalue weighted by Crippen LogP contribution is 2.21. The van der Waals surface area contributed by atoms with Gasteiger partial charge in [0.2, 0.25) is 11.8 Å². The predicted octanol–water partition coefficient (Wildman–Crippen LogP) is 0.311. The van der Waals surface area contributed by atoms with Gasteiger partial charge in [-0.1, -0.05) is 20.8 Å². The van der Waals surface area contributed by atoms with E-state index < -0.39 is 0 Å². The third-order valence-electron chi connectivity index (χ3n) is 2.97. The van der Waals surface area contributed by atoms with E-state index in [0.717, 1.165) is 6.54 Å². The Morgan fingerprint density at radius 3 is 2.44 bits per heavy atom. The van der Waals surface area contributed by atoms with Crippen molar-refractivity contribution in [1.82, 2.24) is 15.1 Å². The molecule has 1 heterocycles. The van der Waals surface area contributed by atoms with Crippen LogP contribution in [0.15, 0.2) is 0 Å². The molecule has 0 spiro atoms. The van der Waals surface area contributed by atoms with Gasteiger partial charge in [0.05, 0.1) is 0 Å². The Kier molecular flexibility index (Phi) is 4.73. The van der Waals surface area contributed by atoms with Crippen molar-refractivity contribution in [2.24, 2.45) is 5.41 Å². The number of amides is 2. The summed E-state index contributed by atoms with van der Waals surface area (Å²) in [4.78, 5) is 27.6. The summed E-state index contributed by atoms with van der Waals surface area (Å²) < 4.78 is 0. The van der Waals surface area contributed by atoms with Crippen LogP contribution in [-0.2, 0) is 9.59 Å². The zero-order valence-corrected chi connectivity index (χ0v) is 12.1. The molecular weight excluding hydrogens is 230 g/mol. The maximum absolute atomic E-state index is 12.3. The third-order valence-corrected chi connectivity index (χ3v) is 2.97. The molecule has 1 atom stereocenters. The van der Waals surface area contributed by atoms with Crippen LogP contribution < -0.4 is 5.32 Å². The second kappa shape index (κ2) is 5.69. The zero-order chi connectivity index (χ0) is 13.9. The number of rotatable bonds is 2. The van der Waals surface area contributed by atoms with Gasteiger partial charge in [-0.05, 0) is 5.41 Å². The molecule has 0 radical (unpaired) electrons. The summed E-state index contributed by atoms with van der Waals surface area (Å²) in [5.41, 5.74) is -0.0479. The summed E-state index contributed by atoms with van der Waals surface area (Å²) in [5, 5.41) is 3.18. The second-order valence-corrected chi connectivity index (χ2v) is 6.28. The molecule has 0 aromatic heterocycles. The number of hydrogen-bond acceptors (Lipinski definition) is 3. The molecule has 1 saturated heterocycles. The lowest BCUT2D eigenvalue weighted by atomic mass is 9.91. The maximum atomic E-state index is 12.3. The minimum absolute atomic E-state index is 0.00976. The standard InChI is InChI=1S/C13H25N3O2/c1-13(2,3)8-11(17)16-7-6-14-9-10(16)12(18)15(4)5/h10,14H,6-9H2,1-5H3. The molecule has 18 heavy (non-hydrogen) atoms. The van der Waals surface area contributed by atoms with Crippen molar-refractivity contribution in [3.05, 3.63) is 0 Å². The van der Waals surface area contributed by atoms with E-state index in [-0.39, 0.29) is 23.3 Å². The van der Waals surface area contributed by atoms with E-state index in [0.29, 0.717) is 19.5 Å². The van der Waals surface area contributed by atoms with Crippen LogP contribution in [0.1, 0.15) is 27.2 Å². The molecule has 5 heteroatoms. The lowest BCUT2D eigenvalue weighted by Crippen LogP contribution is -2.59. The monoisotopic (exact) mass is 255 g/mol. The lowest BCUT2D eigenvalue weighted by Gasteiger charge is -2.37. The number of hydrogen-bond donors (Lipinski definition) is 1. The Hall–Kier alpha value is -1.10. The van der Waals surface area contributed by atoms with Gasteiger partial charge in [0, 0.05) is 40.2 Å². The first kappa shape index (κ1) is 15.0. The predicted molar refractivity (Wildman–Crippen MR) is 71.1 cm³/mol. The Balaban J connectivity index is 2.76. The van der Waals surface area contributed by atoms with Crippen LogP contribution in [0.5, 0.6) is 0 Å². The van der Waals surface area contributed by atoms with Crippen molar-refractivity contribution < 1.29 is 9.59 Å². The number of piperazine rings is 1. The molecule has 0 aliphatic carbocycles. The molecule has 0 bridgehead atoms. The smallest absolute Gasteiger partial charge is 0.246 e. The van der Waals surface area contributed by atoms with Crippen molar-refractivity contribution in [3.63, 3.8) is 0 Å². The maximum Gasteiger partial charge on any atom is 0.246 e. The summed E-state index contributed by atoms with van der Waals surface area (Å²) in [6, 6.07) is -0.358. The van der Waals surface area contributed by atoms with Crippen molar-refractivity contribution in [2.75, 3.05) is 33.7 Å². The van der Waals surface area contributed by atoms with E-state index in [1.807, 2.05) is 20.8 Å². The van der Waals surface area contributed by atoms with Gasteiger partial charge in [-0.3, -0.25) is 9.59 Å². The van der Waals surface area contributed by atoms with Gasteiger partial charge in [0.1, 0.15) is 6.04 Å². The molecular formula is C13H25N3O2. The summed E-state index contributed by atoms with van der Waals surface area (Å²) in [6.07, 6.45) is 0.476. The fourth-order valence-corrected chi connectivity index (χ4v) is 2.08. The molecule has 0 aromatic carbocycles. The fraction of sp³-hybridized carbons (Fsp3) is 0.846. The molecule has 1 unspecified atom stereocenters. The quantitative estimate of drug-likeness (QED) is 0.773. The molecule has 1 aliphatic rings. The lowest BCUT2D eigenvalue weighted by molar-refractivity contribution is -0.146. The summed E-state index contributed by atoms with van der Waals surface area (Å²) in [5.74, 6) is 0.0636. The van der Waals surface area contributed by atoms with Gasteiger partial charge in [0.25, 0.3) is 0 Å². The van der Waals surface area contributed by atoms with Crippen molar-refractivity contribution in [2.45, 2.75) is 33.2 Å². The van der Waals surface area contributed by atoms with Crippen LogP contribution in [-0.4, -0.2) is 61.4 Å². The van der Waals surface area contributed by atoms with Gasteiger partial charge in [-0.25, -0.2) is 0 Å². The average molecular weight is 255 g/mol. The largest absolute Gasteiger partial charge is 0.347 e. The van der Waals surface area contributed by atoms with Crippen LogP contribution in [0.4, 0.5) is 0 Å². The SMILES string of the molecule is CN(C)C(=O)C1CNCCN1C(=O)CC(C)(C)C. The highest BCUT2D eigenvalue weighted by Gasteiger charge is 2.34. The normalized spacial score (nSPS) is 20.7. The van der Waals surface area contributed by atoms with Crippen LogP contribution in [0, 0.1) is 5.41 Å². The number of carbonyl (C=O) groups excluding carboxylic acids is 2. The molecule has 1 rings (SSSR count). The number of nitrogens with one attached hydrogen (secondary N) is 1. The number of likely N-dealkylation sites (N-methyl/N-ethyl adjacent to an activating group) is 1. The van der Waals surface area contributed by atoms with Crippen LogP contribution in [0.3, 0.4) is 0 Å². The van der Waals surface area contributed by atoms with Gasteiger partial charge in [-0.15, -0.1) is 0 Å². The molecule has 104 valence electrons. The Labute approximate surface area is 110 Å². The van der Waals surface area contributed by atoms with Crippen molar-refractivity contribution in [3.8, 4) is 0 Å². The Morgan fingerprint density at radius 2 is 1.94 bits per heavy atom. The highest BCUT2D eigenvalue weighted by atomic mass is 16.2. The second-order valence-electron chi connectivity index (χ2n) is 6.28. The van der Waals surface area contributed by atoms with E-state index in [1.54, 1.807) is 23.9 Å². The van der Waals surface area contributed by atoms with E-state index >= 15 is 0 Å². The van der Waals surface area contributed by atoms with Crippen LogP contribution in [0.2, 0.25) is 0 Å². The Morgan fingerprint density at radius 1 is 1.33 bits per heavy atom. The summed E-state index contributed by atoms with van der Waals surface area (Å²) in [7, 11) is 3.45. The first-order valence-electron chi connectivity index (χ1n) is 6.44. The average Bonchev–Trinajstić information content (AvgIpc) is 2.25. The molecule has 1 fully saturated rings. The first-order chi connectivity index (χ1) is 8.22. The zero-order valence-electron chi connectivity index (χ0n) is 12.1. The van der Waals surface area contributed by atoms with Gasteiger partial charge < -0.3 is 15.1 Å². The molecule has 2 amide bonds. The first-order valence-corrected chi connectivity index (χ1v) is 6.44. The van der Waals surface area contributed by atoms with Crippen LogP contribution >= 0.6 is 0 Å². The molecule has 1 aliphatic heterocycles. The van der Waals surface area contributed by atoms with E-state index in [9.17, 15) is 9.59 Å². The van der Waals surface area contributed by atoms with Crippen molar-refractivity contribution in [1.29, 1.82) is 0 Å². The van der Waals surface area contributed by atoms with Gasteiger partial charge in [0.15, 0.2) is 0 Å². The van der Waals surface area contributed by atoms with Crippen molar-refractivity contribution >= 4 is 11.8 Å². The third kappa shape index (κ3) is 3.98. The van der Waals surface area contributed by atoms with E-state index in [4.69, 9.17) is 0 Å².